The van der Waals surface area contributed by atoms with Crippen LogP contribution in [0.1, 0.15) is 22.5 Å². The minimum atomic E-state index is -4.48. The molecule has 0 saturated carbocycles. The van der Waals surface area contributed by atoms with E-state index in [0.29, 0.717) is 48.6 Å². The van der Waals surface area contributed by atoms with Crippen LogP contribution in [0.4, 0.5) is 22.0 Å². The molecule has 1 amide bonds. The molecule has 4 aromatic rings. The second kappa shape index (κ2) is 10.9. The molecule has 39 heavy (non-hydrogen) atoms. The van der Waals surface area contributed by atoms with Crippen molar-refractivity contribution in [2.24, 2.45) is 0 Å². The summed E-state index contributed by atoms with van der Waals surface area (Å²) in [6, 6.07) is 8.84. The van der Waals surface area contributed by atoms with Crippen LogP contribution >= 0.6 is 11.3 Å². The van der Waals surface area contributed by atoms with Crippen LogP contribution in [0.25, 0.3) is 27.9 Å². The molecule has 7 nitrogen and oxygen atoms in total. The monoisotopic (exact) mass is 565 g/mol. The van der Waals surface area contributed by atoms with Crippen LogP contribution < -0.4 is 10.1 Å². The number of aromatic nitrogens is 3. The smallest absolute Gasteiger partial charge is 0.405 e. The lowest BCUT2D eigenvalue weighted by Gasteiger charge is -2.32. The van der Waals surface area contributed by atoms with Gasteiger partial charge in [-0.1, -0.05) is 12.1 Å². The van der Waals surface area contributed by atoms with Crippen molar-refractivity contribution in [2.45, 2.75) is 24.9 Å². The lowest BCUT2D eigenvalue weighted by Crippen LogP contribution is -2.44. The van der Waals surface area contributed by atoms with E-state index >= 15 is 0 Å². The average Bonchev–Trinajstić information content (AvgIpc) is 3.54. The van der Waals surface area contributed by atoms with E-state index in [1.54, 1.807) is 45.5 Å². The van der Waals surface area contributed by atoms with Gasteiger partial charge in [0, 0.05) is 36.5 Å². The zero-order valence-electron chi connectivity index (χ0n) is 20.5. The van der Waals surface area contributed by atoms with Crippen molar-refractivity contribution in [1.82, 2.24) is 24.8 Å². The Labute approximate surface area is 224 Å². The summed E-state index contributed by atoms with van der Waals surface area (Å²) < 4.78 is 71.6. The Morgan fingerprint density at radius 2 is 1.92 bits per heavy atom. The van der Waals surface area contributed by atoms with Gasteiger partial charge in [-0.25, -0.2) is 18.3 Å². The number of rotatable bonds is 8. The van der Waals surface area contributed by atoms with Crippen molar-refractivity contribution in [3.63, 3.8) is 0 Å². The first kappa shape index (κ1) is 27.0. The molecule has 0 atom stereocenters. The Hall–Kier alpha value is -3.58. The van der Waals surface area contributed by atoms with Crippen molar-refractivity contribution >= 4 is 22.9 Å². The number of halogens is 5. The van der Waals surface area contributed by atoms with Crippen LogP contribution in [0.15, 0.2) is 54.3 Å². The molecular formula is C26H24F5N5O2S. The molecule has 0 bridgehead atoms. The predicted octanol–water partition coefficient (Wildman–Crippen LogP) is 5.53. The van der Waals surface area contributed by atoms with Gasteiger partial charge in [0.25, 0.3) is 11.8 Å². The van der Waals surface area contributed by atoms with E-state index in [0.717, 1.165) is 22.5 Å². The van der Waals surface area contributed by atoms with Crippen LogP contribution in [0.3, 0.4) is 0 Å². The molecule has 0 aliphatic carbocycles. The Balaban J connectivity index is 1.22. The number of hydrogen-bond donors (Lipinski definition) is 1. The highest BCUT2D eigenvalue weighted by Crippen LogP contribution is 2.30. The molecule has 1 saturated heterocycles. The number of carbonyl (C=O) groups is 1. The van der Waals surface area contributed by atoms with Gasteiger partial charge in [0.2, 0.25) is 0 Å². The number of fused-ring (bicyclic) bond motifs is 1. The fourth-order valence-corrected chi connectivity index (χ4v) is 5.19. The van der Waals surface area contributed by atoms with E-state index in [1.165, 1.54) is 6.07 Å². The maximum absolute atomic E-state index is 13.5. The first-order valence-corrected chi connectivity index (χ1v) is 13.0. The number of likely N-dealkylation sites (tertiary alicyclic amines) is 1. The Kier molecular flexibility index (Phi) is 7.54. The van der Waals surface area contributed by atoms with Gasteiger partial charge in [0.05, 0.1) is 17.6 Å². The quantitative estimate of drug-likeness (QED) is 0.285. The van der Waals surface area contributed by atoms with E-state index in [1.807, 2.05) is 17.4 Å². The summed E-state index contributed by atoms with van der Waals surface area (Å²) in [5.41, 5.74) is 3.45. The van der Waals surface area contributed by atoms with Crippen molar-refractivity contribution in [3.05, 3.63) is 59.2 Å². The minimum Gasteiger partial charge on any atom is -0.492 e. The van der Waals surface area contributed by atoms with Gasteiger partial charge in [-0.2, -0.15) is 18.3 Å². The maximum Gasteiger partial charge on any atom is 0.405 e. The number of thiophene rings is 1. The average molecular weight is 566 g/mol. The van der Waals surface area contributed by atoms with Crippen LogP contribution in [-0.2, 0) is 0 Å². The van der Waals surface area contributed by atoms with Crippen molar-refractivity contribution in [1.29, 1.82) is 0 Å². The number of piperidine rings is 1. The van der Waals surface area contributed by atoms with Gasteiger partial charge in [-0.3, -0.25) is 9.69 Å². The topological polar surface area (TPSA) is 71.8 Å². The van der Waals surface area contributed by atoms with Crippen molar-refractivity contribution in [2.75, 3.05) is 32.8 Å². The van der Waals surface area contributed by atoms with Crippen LogP contribution in [0.2, 0.25) is 0 Å². The number of amides is 1. The van der Waals surface area contributed by atoms with Gasteiger partial charge in [-0.05, 0) is 47.7 Å². The van der Waals surface area contributed by atoms with Crippen LogP contribution in [-0.4, -0.2) is 70.3 Å². The summed E-state index contributed by atoms with van der Waals surface area (Å²) in [7, 11) is 0. The molecule has 1 aliphatic rings. The largest absolute Gasteiger partial charge is 0.492 e. The lowest BCUT2D eigenvalue weighted by molar-refractivity contribution is -0.123. The first-order valence-electron chi connectivity index (χ1n) is 12.2. The molecule has 0 radical (unpaired) electrons. The second-order valence-electron chi connectivity index (χ2n) is 9.28. The van der Waals surface area contributed by atoms with Gasteiger partial charge in [0.1, 0.15) is 18.9 Å². The highest BCUT2D eigenvalue weighted by molar-refractivity contribution is 7.12. The van der Waals surface area contributed by atoms with E-state index in [2.05, 4.69) is 10.1 Å². The van der Waals surface area contributed by atoms with E-state index < -0.39 is 24.6 Å². The van der Waals surface area contributed by atoms with Gasteiger partial charge < -0.3 is 10.1 Å². The summed E-state index contributed by atoms with van der Waals surface area (Å²) in [5.74, 6) is -2.80. The molecule has 0 unspecified atom stereocenters. The number of nitrogens with one attached hydrogen (secondary N) is 1. The maximum atomic E-state index is 13.5. The van der Waals surface area contributed by atoms with E-state index in [9.17, 15) is 26.7 Å². The predicted molar refractivity (Wildman–Crippen MR) is 136 cm³/mol. The third-order valence-electron chi connectivity index (χ3n) is 6.28. The number of benzene rings is 1. The second-order valence-corrected chi connectivity index (χ2v) is 10.2. The molecule has 4 heterocycles. The highest BCUT2D eigenvalue weighted by atomic mass is 32.1. The normalized spacial score (nSPS) is 15.9. The molecular weight excluding hydrogens is 541 g/mol. The Bertz CT molecular complexity index is 1450. The molecule has 206 valence electrons. The first-order chi connectivity index (χ1) is 18.6. The van der Waals surface area contributed by atoms with E-state index in [-0.39, 0.29) is 17.8 Å². The summed E-state index contributed by atoms with van der Waals surface area (Å²) in [4.78, 5) is 18.4. The third-order valence-corrected chi connectivity index (χ3v) is 7.20. The number of hydrogen-bond acceptors (Lipinski definition) is 6. The molecule has 1 fully saturated rings. The zero-order chi connectivity index (χ0) is 27.6. The fourth-order valence-electron chi connectivity index (χ4n) is 4.37. The molecule has 13 heteroatoms. The highest BCUT2D eigenvalue weighted by Gasteiger charge is 2.34. The summed E-state index contributed by atoms with van der Waals surface area (Å²) >= 11 is 1.04. The molecule has 1 N–H and O–H groups in total. The van der Waals surface area contributed by atoms with Gasteiger partial charge >= 0.3 is 6.18 Å². The van der Waals surface area contributed by atoms with Crippen LogP contribution in [0.5, 0.6) is 5.75 Å². The number of alkyl halides is 5. The minimum absolute atomic E-state index is 0.0612. The summed E-state index contributed by atoms with van der Waals surface area (Å²) in [6.45, 7) is -0.234. The third kappa shape index (κ3) is 6.71. The Morgan fingerprint density at radius 1 is 1.13 bits per heavy atom. The van der Waals surface area contributed by atoms with Gasteiger partial charge in [-0.15, -0.1) is 11.3 Å². The standard InChI is InChI=1S/C26H24F5N5O2S/c27-25(28)6-1-7-35(16-25)8-9-38-20-4-2-17(3-5-20)19-11-32-23-21(12-34-36(23)13-19)18-10-22(39-14-18)24(37)33-15-26(29,30)31/h2-5,10-14H,1,6-9,15-16H2,(H,33,37). The lowest BCUT2D eigenvalue weighted by atomic mass is 10.1. The number of nitrogens with zero attached hydrogens (tertiary/aromatic N) is 4. The summed E-state index contributed by atoms with van der Waals surface area (Å²) in [5, 5.41) is 7.88. The number of carbonyl (C=O) groups excluding carboxylic acids is 1. The molecule has 1 aliphatic heterocycles. The molecule has 0 spiro atoms. The molecule has 5 rings (SSSR count). The number of ether oxygens (including phenoxy) is 1. The molecule has 3 aromatic heterocycles. The summed E-state index contributed by atoms with van der Waals surface area (Å²) in [6.07, 6.45) is 0.990. The fraction of sp³-hybridized carbons (Fsp3) is 0.346. The van der Waals surface area contributed by atoms with Crippen LogP contribution in [0, 0.1) is 0 Å². The Morgan fingerprint density at radius 3 is 2.67 bits per heavy atom. The van der Waals surface area contributed by atoms with Gasteiger partial charge in [0.15, 0.2) is 5.65 Å². The SMILES string of the molecule is O=C(NCC(F)(F)F)c1cc(-c2cnn3cc(-c4ccc(OCCN5CCCC(F)(F)C5)cc4)cnc23)cs1. The van der Waals surface area contributed by atoms with Crippen molar-refractivity contribution in [3.8, 4) is 28.0 Å². The zero-order valence-corrected chi connectivity index (χ0v) is 21.4. The van der Waals surface area contributed by atoms with Crippen molar-refractivity contribution < 1.29 is 31.5 Å². The van der Waals surface area contributed by atoms with E-state index in [4.69, 9.17) is 4.74 Å². The molecule has 1 aromatic carbocycles.